The smallest absolute Gasteiger partial charge is 0.224 e. The molecule has 31 heavy (non-hydrogen) atoms. The van der Waals surface area contributed by atoms with Gasteiger partial charge in [0, 0.05) is 25.1 Å². The number of aryl methyl sites for hydroxylation is 4. The van der Waals surface area contributed by atoms with E-state index in [0.29, 0.717) is 32.7 Å². The number of pyridine rings is 1. The summed E-state index contributed by atoms with van der Waals surface area (Å²) in [4.78, 5) is 23.8. The van der Waals surface area contributed by atoms with E-state index < -0.39 is 0 Å². The third-order valence-electron chi connectivity index (χ3n) is 5.71. The van der Waals surface area contributed by atoms with Crippen molar-refractivity contribution >= 4 is 5.91 Å². The number of hydrogen-bond donors (Lipinski definition) is 0. The fourth-order valence-electron chi connectivity index (χ4n) is 3.97. The van der Waals surface area contributed by atoms with E-state index in [1.807, 2.05) is 36.9 Å². The average molecular weight is 420 g/mol. The van der Waals surface area contributed by atoms with E-state index in [0.717, 1.165) is 29.5 Å². The van der Waals surface area contributed by atoms with Gasteiger partial charge in [-0.05, 0) is 44.0 Å². The molecule has 2 aromatic heterocycles. The summed E-state index contributed by atoms with van der Waals surface area (Å²) in [7, 11) is 0. The molecule has 162 valence electrons. The largest absolute Gasteiger partial charge is 0.368 e. The summed E-state index contributed by atoms with van der Waals surface area (Å²) in [6, 6.07) is 14.4. The molecule has 0 N–H and O–H groups in total. The molecule has 0 bridgehead atoms. The molecule has 7 heteroatoms. The molecule has 0 saturated carbocycles. The van der Waals surface area contributed by atoms with Crippen LogP contribution in [0, 0.1) is 20.8 Å². The first kappa shape index (κ1) is 21.2. The molecular weight excluding hydrogens is 390 g/mol. The fraction of sp³-hybridized carbons (Fsp3) is 0.417. The van der Waals surface area contributed by atoms with Gasteiger partial charge >= 0.3 is 0 Å². The predicted molar refractivity (Wildman–Crippen MR) is 118 cm³/mol. The zero-order valence-corrected chi connectivity index (χ0v) is 18.4. The van der Waals surface area contributed by atoms with Crippen LogP contribution in [-0.4, -0.2) is 50.3 Å². The molecule has 1 saturated heterocycles. The first-order valence-electron chi connectivity index (χ1n) is 10.8. The van der Waals surface area contributed by atoms with Gasteiger partial charge in [0.15, 0.2) is 0 Å². The van der Waals surface area contributed by atoms with Gasteiger partial charge in [-0.15, -0.1) is 0 Å². The van der Waals surface area contributed by atoms with E-state index >= 15 is 0 Å². The normalized spacial score (nSPS) is 16.5. The lowest BCUT2D eigenvalue weighted by Crippen LogP contribution is -2.42. The zero-order valence-electron chi connectivity index (χ0n) is 18.4. The molecule has 4 rings (SSSR count). The number of amides is 1. The summed E-state index contributed by atoms with van der Waals surface area (Å²) in [5.41, 5.74) is 4.42. The lowest BCUT2D eigenvalue weighted by molar-refractivity contribution is -0.139. The number of morpholine rings is 1. The summed E-state index contributed by atoms with van der Waals surface area (Å²) in [5, 5.41) is 4.34. The molecule has 1 atom stereocenters. The van der Waals surface area contributed by atoms with Crippen LogP contribution in [0.25, 0.3) is 0 Å². The summed E-state index contributed by atoms with van der Waals surface area (Å²) >= 11 is 0. The highest BCUT2D eigenvalue weighted by molar-refractivity contribution is 5.76. The van der Waals surface area contributed by atoms with Crippen molar-refractivity contribution in [3.05, 3.63) is 76.6 Å². The minimum Gasteiger partial charge on any atom is -0.368 e. The average Bonchev–Trinajstić information content (AvgIpc) is 3.11. The minimum atomic E-state index is -0.204. The van der Waals surface area contributed by atoms with Crippen LogP contribution >= 0.6 is 0 Å². The maximum atomic E-state index is 12.8. The van der Waals surface area contributed by atoms with E-state index in [4.69, 9.17) is 9.72 Å². The standard InChI is InChI=1S/C24H29N5O2/c1-17-7-4-5-8-20(17)15-21-9-6-10-22(26-21)23-16-28(13-14-31-23)24(30)11-12-29-19(3)25-18(2)27-29/h4-10,23H,11-16H2,1-3H3. The maximum absolute atomic E-state index is 12.8. The van der Waals surface area contributed by atoms with Gasteiger partial charge in [-0.25, -0.2) is 9.67 Å². The van der Waals surface area contributed by atoms with Crippen molar-refractivity contribution in [2.24, 2.45) is 0 Å². The molecule has 1 fully saturated rings. The molecular formula is C24H29N5O2. The number of carbonyl (C=O) groups is 1. The van der Waals surface area contributed by atoms with Gasteiger partial charge in [-0.2, -0.15) is 5.10 Å². The Bertz CT molecular complexity index is 1060. The number of benzene rings is 1. The van der Waals surface area contributed by atoms with Gasteiger partial charge in [-0.3, -0.25) is 9.78 Å². The summed E-state index contributed by atoms with van der Waals surface area (Å²) < 4.78 is 7.77. The highest BCUT2D eigenvalue weighted by atomic mass is 16.5. The molecule has 0 aliphatic carbocycles. The number of nitrogens with zero attached hydrogens (tertiary/aromatic N) is 5. The van der Waals surface area contributed by atoms with Crippen molar-refractivity contribution in [3.63, 3.8) is 0 Å². The Kier molecular flexibility index (Phi) is 6.42. The van der Waals surface area contributed by atoms with Crippen LogP contribution in [0.5, 0.6) is 0 Å². The Morgan fingerprint density at radius 1 is 1.10 bits per heavy atom. The van der Waals surface area contributed by atoms with Crippen molar-refractivity contribution in [2.45, 2.75) is 46.3 Å². The van der Waals surface area contributed by atoms with Gasteiger partial charge in [0.1, 0.15) is 17.8 Å². The number of ether oxygens (including phenoxy) is 1. The minimum absolute atomic E-state index is 0.108. The predicted octanol–water partition coefficient (Wildman–Crippen LogP) is 3.18. The third-order valence-corrected chi connectivity index (χ3v) is 5.71. The van der Waals surface area contributed by atoms with Crippen LogP contribution in [0.3, 0.4) is 0 Å². The quantitative estimate of drug-likeness (QED) is 0.614. The first-order valence-corrected chi connectivity index (χ1v) is 10.8. The lowest BCUT2D eigenvalue weighted by Gasteiger charge is -2.33. The number of rotatable bonds is 6. The molecule has 0 spiro atoms. The van der Waals surface area contributed by atoms with Crippen LogP contribution in [0.1, 0.15) is 46.7 Å². The zero-order chi connectivity index (χ0) is 21.8. The molecule has 0 radical (unpaired) electrons. The second kappa shape index (κ2) is 9.39. The van der Waals surface area contributed by atoms with E-state index in [9.17, 15) is 4.79 Å². The SMILES string of the molecule is Cc1nc(C)n(CCC(=O)N2CCOC(c3cccc(Cc4ccccc4C)n3)C2)n1. The molecule has 3 aromatic rings. The topological polar surface area (TPSA) is 73.1 Å². The molecule has 1 amide bonds. The van der Waals surface area contributed by atoms with Crippen LogP contribution in [-0.2, 0) is 22.5 Å². The van der Waals surface area contributed by atoms with Crippen LogP contribution in [0.15, 0.2) is 42.5 Å². The Balaban J connectivity index is 1.39. The second-order valence-corrected chi connectivity index (χ2v) is 8.04. The van der Waals surface area contributed by atoms with Crippen LogP contribution in [0.2, 0.25) is 0 Å². The van der Waals surface area contributed by atoms with Crippen molar-refractivity contribution < 1.29 is 9.53 Å². The fourth-order valence-corrected chi connectivity index (χ4v) is 3.97. The first-order chi connectivity index (χ1) is 15.0. The monoisotopic (exact) mass is 419 g/mol. The summed E-state index contributed by atoms with van der Waals surface area (Å²) in [6.45, 7) is 8.07. The third kappa shape index (κ3) is 5.17. The van der Waals surface area contributed by atoms with E-state index in [-0.39, 0.29) is 12.0 Å². The molecule has 3 heterocycles. The van der Waals surface area contributed by atoms with Crippen LogP contribution in [0.4, 0.5) is 0 Å². The van der Waals surface area contributed by atoms with Crippen molar-refractivity contribution in [1.29, 1.82) is 0 Å². The van der Waals surface area contributed by atoms with Gasteiger partial charge in [0.2, 0.25) is 5.91 Å². The Labute approximate surface area is 183 Å². The molecule has 1 unspecified atom stereocenters. The van der Waals surface area contributed by atoms with Gasteiger partial charge in [0.05, 0.1) is 25.4 Å². The Hall–Kier alpha value is -3.06. The molecule has 1 aliphatic rings. The molecule has 1 aromatic carbocycles. The Morgan fingerprint density at radius 3 is 2.71 bits per heavy atom. The lowest BCUT2D eigenvalue weighted by atomic mass is 10.0. The van der Waals surface area contributed by atoms with Gasteiger partial charge in [0.25, 0.3) is 0 Å². The summed E-state index contributed by atoms with van der Waals surface area (Å²) in [6.07, 6.45) is 0.980. The number of aromatic nitrogens is 4. The number of hydrogen-bond acceptors (Lipinski definition) is 5. The maximum Gasteiger partial charge on any atom is 0.224 e. The molecule has 7 nitrogen and oxygen atoms in total. The van der Waals surface area contributed by atoms with Gasteiger partial charge in [-0.1, -0.05) is 30.3 Å². The van der Waals surface area contributed by atoms with Crippen molar-refractivity contribution in [2.75, 3.05) is 19.7 Å². The number of carbonyl (C=O) groups excluding carboxylic acids is 1. The highest BCUT2D eigenvalue weighted by Crippen LogP contribution is 2.22. The van der Waals surface area contributed by atoms with Crippen LogP contribution < -0.4 is 0 Å². The highest BCUT2D eigenvalue weighted by Gasteiger charge is 2.26. The van der Waals surface area contributed by atoms with Gasteiger partial charge < -0.3 is 9.64 Å². The van der Waals surface area contributed by atoms with E-state index in [2.05, 4.69) is 41.3 Å². The second-order valence-electron chi connectivity index (χ2n) is 8.04. The van der Waals surface area contributed by atoms with E-state index in [1.54, 1.807) is 4.68 Å². The van der Waals surface area contributed by atoms with Crippen molar-refractivity contribution in [1.82, 2.24) is 24.6 Å². The van der Waals surface area contributed by atoms with Crippen molar-refractivity contribution in [3.8, 4) is 0 Å². The van der Waals surface area contributed by atoms with E-state index in [1.165, 1.54) is 11.1 Å². The molecule has 1 aliphatic heterocycles. The summed E-state index contributed by atoms with van der Waals surface area (Å²) in [5.74, 6) is 1.67. The Morgan fingerprint density at radius 2 is 1.94 bits per heavy atom.